The van der Waals surface area contributed by atoms with Gasteiger partial charge in [-0.15, -0.1) is 0 Å². The first-order valence-corrected chi connectivity index (χ1v) is 11.7. The predicted molar refractivity (Wildman–Crippen MR) is 122 cm³/mol. The molecule has 0 bridgehead atoms. The van der Waals surface area contributed by atoms with E-state index < -0.39 is 23.9 Å². The maximum Gasteiger partial charge on any atom is 0.346 e. The van der Waals surface area contributed by atoms with E-state index >= 15 is 0 Å². The molecule has 12 heteroatoms. The highest BCUT2D eigenvalue weighted by atomic mass is 32.2. The third kappa shape index (κ3) is 6.48. The molecular weight excluding hydrogens is 484 g/mol. The zero-order chi connectivity index (χ0) is 23.0. The number of carbonyl (C=O) groups excluding carboxylic acids is 4. The van der Waals surface area contributed by atoms with Crippen molar-refractivity contribution in [3.05, 3.63) is 52.4 Å². The average molecular weight is 503 g/mol. The standard InChI is InChI=1S/C19H18O8S4/c1-24-16(20)12-13(17(21)25-2)29-10(28-12)8-6-5-7-9-11-30-14(18(22)26-3)15(31-11)19(23)27-4/h5-6,8-9H,7H2,1-4H3/b6-5+. The van der Waals surface area contributed by atoms with Gasteiger partial charge in [0, 0.05) is 4.24 Å². The first-order valence-electron chi connectivity index (χ1n) is 8.46. The molecule has 0 fully saturated rings. The summed E-state index contributed by atoms with van der Waals surface area (Å²) in [5.41, 5.74) is 0. The van der Waals surface area contributed by atoms with Gasteiger partial charge in [-0.1, -0.05) is 65.3 Å². The molecule has 0 saturated carbocycles. The second-order valence-corrected chi connectivity index (χ2v) is 10.1. The van der Waals surface area contributed by atoms with Gasteiger partial charge in [0.15, 0.2) is 0 Å². The average Bonchev–Trinajstić information content (AvgIpc) is 3.41. The van der Waals surface area contributed by atoms with E-state index in [1.54, 1.807) is 12.2 Å². The number of hydrogen-bond donors (Lipinski definition) is 0. The molecular formula is C19H18O8S4. The van der Waals surface area contributed by atoms with Crippen LogP contribution in [0.1, 0.15) is 6.42 Å². The highest BCUT2D eigenvalue weighted by Gasteiger charge is 2.33. The van der Waals surface area contributed by atoms with Crippen LogP contribution in [0.25, 0.3) is 0 Å². The molecule has 0 amide bonds. The van der Waals surface area contributed by atoms with E-state index in [9.17, 15) is 19.2 Å². The zero-order valence-electron chi connectivity index (χ0n) is 16.9. The highest BCUT2D eigenvalue weighted by molar-refractivity contribution is 8.29. The molecule has 2 aliphatic heterocycles. The van der Waals surface area contributed by atoms with Gasteiger partial charge < -0.3 is 18.9 Å². The van der Waals surface area contributed by atoms with Crippen molar-refractivity contribution >= 4 is 70.9 Å². The summed E-state index contributed by atoms with van der Waals surface area (Å²) in [5, 5.41) is 0. The van der Waals surface area contributed by atoms with E-state index in [1.807, 2.05) is 12.2 Å². The van der Waals surface area contributed by atoms with Crippen LogP contribution >= 0.6 is 47.0 Å². The number of hydrogen-bond acceptors (Lipinski definition) is 12. The van der Waals surface area contributed by atoms with E-state index in [0.29, 0.717) is 6.42 Å². The molecule has 166 valence electrons. The largest absolute Gasteiger partial charge is 0.465 e. The number of rotatable bonds is 7. The zero-order valence-corrected chi connectivity index (χ0v) is 20.2. The molecule has 0 radical (unpaired) electrons. The van der Waals surface area contributed by atoms with Gasteiger partial charge in [-0.2, -0.15) is 0 Å². The summed E-state index contributed by atoms with van der Waals surface area (Å²) in [4.78, 5) is 48.2. The van der Waals surface area contributed by atoms with E-state index in [0.717, 1.165) is 55.5 Å². The van der Waals surface area contributed by atoms with Gasteiger partial charge in [-0.25, -0.2) is 19.2 Å². The third-order valence-corrected chi connectivity index (χ3v) is 8.46. The molecule has 8 nitrogen and oxygen atoms in total. The number of methoxy groups -OCH3 is 4. The van der Waals surface area contributed by atoms with Gasteiger partial charge in [-0.3, -0.25) is 0 Å². The molecule has 2 heterocycles. The molecule has 0 aromatic heterocycles. The minimum atomic E-state index is -0.597. The summed E-state index contributed by atoms with van der Waals surface area (Å²) in [6.07, 6.45) is 7.78. The van der Waals surface area contributed by atoms with Crippen LogP contribution in [-0.4, -0.2) is 52.3 Å². The molecule has 0 aromatic carbocycles. The molecule has 0 N–H and O–H groups in total. The van der Waals surface area contributed by atoms with Gasteiger partial charge >= 0.3 is 23.9 Å². The molecule has 31 heavy (non-hydrogen) atoms. The van der Waals surface area contributed by atoms with Crippen molar-refractivity contribution in [3.8, 4) is 0 Å². The van der Waals surface area contributed by atoms with Gasteiger partial charge in [0.2, 0.25) is 0 Å². The van der Waals surface area contributed by atoms with Crippen LogP contribution in [0.2, 0.25) is 0 Å². The lowest BCUT2D eigenvalue weighted by Crippen LogP contribution is -2.08. The molecule has 0 saturated heterocycles. The van der Waals surface area contributed by atoms with Crippen molar-refractivity contribution in [2.24, 2.45) is 0 Å². The molecule has 2 aliphatic rings. The summed E-state index contributed by atoms with van der Waals surface area (Å²) in [6, 6.07) is 0. The summed E-state index contributed by atoms with van der Waals surface area (Å²) in [6.45, 7) is 0. The van der Waals surface area contributed by atoms with Crippen LogP contribution in [0.15, 0.2) is 52.4 Å². The van der Waals surface area contributed by atoms with Crippen molar-refractivity contribution in [2.45, 2.75) is 6.42 Å². The highest BCUT2D eigenvalue weighted by Crippen LogP contribution is 2.51. The summed E-state index contributed by atoms with van der Waals surface area (Å²) in [7, 11) is 4.99. The van der Waals surface area contributed by atoms with Gasteiger partial charge in [0.1, 0.15) is 19.6 Å². The van der Waals surface area contributed by atoms with Crippen LogP contribution < -0.4 is 0 Å². The van der Waals surface area contributed by atoms with Crippen LogP contribution in [-0.2, 0) is 38.1 Å². The fraction of sp³-hybridized carbons (Fsp3) is 0.263. The number of carbonyl (C=O) groups is 4. The van der Waals surface area contributed by atoms with E-state index in [1.165, 1.54) is 28.4 Å². The number of esters is 4. The van der Waals surface area contributed by atoms with Crippen LogP contribution in [0.4, 0.5) is 0 Å². The van der Waals surface area contributed by atoms with Crippen molar-refractivity contribution in [2.75, 3.05) is 28.4 Å². The molecule has 0 unspecified atom stereocenters. The maximum absolute atomic E-state index is 11.9. The molecule has 0 aliphatic carbocycles. The van der Waals surface area contributed by atoms with Crippen LogP contribution in [0.5, 0.6) is 0 Å². The molecule has 0 atom stereocenters. The van der Waals surface area contributed by atoms with E-state index in [2.05, 4.69) is 0 Å². The first-order chi connectivity index (χ1) is 14.9. The summed E-state index contributed by atoms with van der Waals surface area (Å²) < 4.78 is 20.3. The Morgan fingerprint density at radius 3 is 1.35 bits per heavy atom. The number of thioether (sulfide) groups is 4. The Balaban J connectivity index is 2.00. The lowest BCUT2D eigenvalue weighted by atomic mass is 10.4. The number of ether oxygens (including phenoxy) is 4. The van der Waals surface area contributed by atoms with E-state index in [4.69, 9.17) is 18.9 Å². The topological polar surface area (TPSA) is 105 Å². The van der Waals surface area contributed by atoms with Gasteiger partial charge in [0.05, 0.1) is 32.7 Å². The molecule has 2 rings (SSSR count). The Kier molecular flexibility index (Phi) is 9.88. The third-order valence-electron chi connectivity index (χ3n) is 3.50. The Labute approximate surface area is 195 Å². The second kappa shape index (κ2) is 12.1. The minimum Gasteiger partial charge on any atom is -0.465 e. The quantitative estimate of drug-likeness (QED) is 0.374. The molecule has 0 spiro atoms. The van der Waals surface area contributed by atoms with Crippen molar-refractivity contribution < 1.29 is 38.1 Å². The Morgan fingerprint density at radius 2 is 1.00 bits per heavy atom. The maximum atomic E-state index is 11.9. The summed E-state index contributed by atoms with van der Waals surface area (Å²) >= 11 is 4.57. The Morgan fingerprint density at radius 1 is 0.645 bits per heavy atom. The molecule has 0 aromatic rings. The van der Waals surface area contributed by atoms with Crippen LogP contribution in [0.3, 0.4) is 0 Å². The van der Waals surface area contributed by atoms with Crippen molar-refractivity contribution in [1.82, 2.24) is 0 Å². The number of allylic oxidation sites excluding steroid dienone is 4. The Hall–Kier alpha value is -2.02. The minimum absolute atomic E-state index is 0.191. The first kappa shape index (κ1) is 25.2. The SMILES string of the molecule is COC(=O)C1=C(C(=O)OC)SC(=C/C=C/CC=C2SC(C(=O)OC)=C(C(=O)OC)S2)S1. The van der Waals surface area contributed by atoms with Crippen molar-refractivity contribution in [1.29, 1.82) is 0 Å². The normalized spacial score (nSPS) is 16.0. The smallest absolute Gasteiger partial charge is 0.346 e. The fourth-order valence-electron chi connectivity index (χ4n) is 2.08. The lowest BCUT2D eigenvalue weighted by molar-refractivity contribution is -0.138. The van der Waals surface area contributed by atoms with Gasteiger partial charge in [-0.05, 0) is 12.5 Å². The van der Waals surface area contributed by atoms with Crippen LogP contribution in [0, 0.1) is 0 Å². The second-order valence-electron chi connectivity index (χ2n) is 5.36. The predicted octanol–water partition coefficient (Wildman–Crippen LogP) is 3.69. The summed E-state index contributed by atoms with van der Waals surface area (Å²) in [5.74, 6) is -2.37. The lowest BCUT2D eigenvalue weighted by Gasteiger charge is -2.00. The van der Waals surface area contributed by atoms with E-state index in [-0.39, 0.29) is 19.6 Å². The van der Waals surface area contributed by atoms with Crippen molar-refractivity contribution in [3.63, 3.8) is 0 Å². The fourth-order valence-corrected chi connectivity index (χ4v) is 6.74. The monoisotopic (exact) mass is 502 g/mol. The van der Waals surface area contributed by atoms with Gasteiger partial charge in [0.25, 0.3) is 0 Å². The Bertz CT molecular complexity index is 883.